The van der Waals surface area contributed by atoms with Crippen molar-refractivity contribution in [2.24, 2.45) is 0 Å². The molecule has 4 aromatic rings. The zero-order valence-electron chi connectivity index (χ0n) is 18.2. The molecular weight excluding hydrogens is 462 g/mol. The van der Waals surface area contributed by atoms with Crippen LogP contribution in [0.15, 0.2) is 41.5 Å². The molecule has 0 aliphatic rings. The Morgan fingerprint density at radius 3 is 2.64 bits per heavy atom. The van der Waals surface area contributed by atoms with Crippen molar-refractivity contribution in [1.82, 2.24) is 19.7 Å². The molecule has 1 atom stereocenters. The predicted molar refractivity (Wildman–Crippen MR) is 127 cm³/mol. The first-order chi connectivity index (χ1) is 15.9. The minimum Gasteiger partial charge on any atom is -0.457 e. The molecule has 11 heteroatoms. The van der Waals surface area contributed by atoms with Crippen LogP contribution in [0.5, 0.6) is 0 Å². The molecule has 3 heterocycles. The Bertz CT molecular complexity index is 1380. The number of rotatable bonds is 7. The van der Waals surface area contributed by atoms with Gasteiger partial charge in [-0.2, -0.15) is 0 Å². The molecule has 3 aromatic heterocycles. The number of esters is 1. The van der Waals surface area contributed by atoms with Gasteiger partial charge in [0.25, 0.3) is 5.56 Å². The van der Waals surface area contributed by atoms with Crippen LogP contribution in [0.4, 0.5) is 5.13 Å². The van der Waals surface area contributed by atoms with Crippen LogP contribution in [0, 0.1) is 6.92 Å². The van der Waals surface area contributed by atoms with Gasteiger partial charge in [0.2, 0.25) is 11.0 Å². The van der Waals surface area contributed by atoms with Gasteiger partial charge in [0.15, 0.2) is 0 Å². The molecule has 0 bridgehead atoms. The van der Waals surface area contributed by atoms with Crippen LogP contribution in [0.2, 0.25) is 0 Å². The maximum absolute atomic E-state index is 13.2. The molecule has 1 N–H and O–H groups in total. The van der Waals surface area contributed by atoms with Gasteiger partial charge in [-0.1, -0.05) is 48.6 Å². The van der Waals surface area contributed by atoms with Crippen molar-refractivity contribution in [2.45, 2.75) is 39.8 Å². The number of nitrogens with one attached hydrogen (secondary N) is 1. The van der Waals surface area contributed by atoms with E-state index in [0.717, 1.165) is 28.3 Å². The Hall–Kier alpha value is -3.44. The van der Waals surface area contributed by atoms with Gasteiger partial charge in [0.1, 0.15) is 27.4 Å². The van der Waals surface area contributed by atoms with E-state index in [0.29, 0.717) is 25.8 Å². The summed E-state index contributed by atoms with van der Waals surface area (Å²) in [6.07, 6.45) is 2.04. The number of nitrogens with zero attached hydrogens (tertiary/aromatic N) is 4. The maximum atomic E-state index is 13.2. The van der Waals surface area contributed by atoms with Crippen molar-refractivity contribution in [3.63, 3.8) is 0 Å². The summed E-state index contributed by atoms with van der Waals surface area (Å²) in [6.45, 7) is 5.37. The number of ether oxygens (including phenoxy) is 1. The number of fused-ring (bicyclic) bond motifs is 1. The highest BCUT2D eigenvalue weighted by Crippen LogP contribution is 2.28. The smallest absolute Gasteiger partial charge is 0.349 e. The van der Waals surface area contributed by atoms with Crippen molar-refractivity contribution in [2.75, 3.05) is 5.32 Å². The molecule has 0 spiro atoms. The fraction of sp³-hybridized carbons (Fsp3) is 0.273. The normalized spacial score (nSPS) is 12.0. The summed E-state index contributed by atoms with van der Waals surface area (Å²) < 4.78 is 6.67. The molecule has 0 aliphatic heterocycles. The largest absolute Gasteiger partial charge is 0.457 e. The molecule has 1 aromatic carbocycles. The van der Waals surface area contributed by atoms with Gasteiger partial charge in [0.05, 0.1) is 11.7 Å². The number of aromatic nitrogens is 4. The van der Waals surface area contributed by atoms with Crippen LogP contribution in [-0.2, 0) is 22.6 Å². The Labute approximate surface area is 197 Å². The van der Waals surface area contributed by atoms with Gasteiger partial charge in [-0.3, -0.25) is 19.5 Å². The van der Waals surface area contributed by atoms with Crippen LogP contribution in [-0.4, -0.2) is 31.6 Å². The minimum absolute atomic E-state index is 0.133. The predicted octanol–water partition coefficient (Wildman–Crippen LogP) is 3.74. The highest BCUT2D eigenvalue weighted by atomic mass is 32.1. The number of hydrogen-bond donors (Lipinski definition) is 1. The molecule has 0 saturated heterocycles. The topological polar surface area (TPSA) is 116 Å². The number of anilines is 1. The standard InChI is InChI=1S/C22H21N5O4S2/c1-4-15-25-26-22(32-15)24-18(28)13(3)27-11-23-19-16(20(27)29)12(2)17(33-19)21(30)31-10-14-8-6-5-7-9-14/h5-9,11,13H,4,10H2,1-3H3,(H,24,26,28). The van der Waals surface area contributed by atoms with Crippen LogP contribution in [0.1, 0.15) is 45.7 Å². The van der Waals surface area contributed by atoms with Gasteiger partial charge in [0, 0.05) is 0 Å². The third-order valence-electron chi connectivity index (χ3n) is 5.07. The van der Waals surface area contributed by atoms with E-state index < -0.39 is 23.5 Å². The Morgan fingerprint density at radius 1 is 1.18 bits per heavy atom. The first-order valence-corrected chi connectivity index (χ1v) is 11.9. The fourth-order valence-electron chi connectivity index (χ4n) is 3.18. The second-order valence-corrected chi connectivity index (χ2v) is 9.34. The van der Waals surface area contributed by atoms with Crippen molar-refractivity contribution in [3.8, 4) is 0 Å². The second kappa shape index (κ2) is 9.59. The molecule has 0 saturated carbocycles. The number of benzene rings is 1. The van der Waals surface area contributed by atoms with E-state index in [1.54, 1.807) is 13.8 Å². The molecule has 1 amide bonds. The highest BCUT2D eigenvalue weighted by Gasteiger charge is 2.24. The average Bonchev–Trinajstić information content (AvgIpc) is 3.42. The number of aryl methyl sites for hydroxylation is 2. The SMILES string of the molecule is CCc1nnc(NC(=O)C(C)n2cnc3sc(C(=O)OCc4ccccc4)c(C)c3c2=O)s1. The number of carbonyl (C=O) groups excluding carboxylic acids is 2. The summed E-state index contributed by atoms with van der Waals surface area (Å²) in [4.78, 5) is 43.6. The summed E-state index contributed by atoms with van der Waals surface area (Å²) in [5, 5.41) is 12.1. The number of hydrogen-bond acceptors (Lipinski definition) is 9. The summed E-state index contributed by atoms with van der Waals surface area (Å²) in [7, 11) is 0. The van der Waals surface area contributed by atoms with Crippen molar-refractivity contribution < 1.29 is 14.3 Å². The van der Waals surface area contributed by atoms with Crippen LogP contribution >= 0.6 is 22.7 Å². The molecule has 0 radical (unpaired) electrons. The Balaban J connectivity index is 1.56. The summed E-state index contributed by atoms with van der Waals surface area (Å²) in [6, 6.07) is 8.51. The maximum Gasteiger partial charge on any atom is 0.349 e. The van der Waals surface area contributed by atoms with Crippen LogP contribution in [0.3, 0.4) is 0 Å². The first kappa shape index (κ1) is 22.7. The molecule has 33 heavy (non-hydrogen) atoms. The van der Waals surface area contributed by atoms with Gasteiger partial charge in [-0.25, -0.2) is 9.78 Å². The molecule has 4 rings (SSSR count). The number of amides is 1. The van der Waals surface area contributed by atoms with E-state index in [2.05, 4.69) is 20.5 Å². The number of thiophene rings is 1. The third-order valence-corrected chi connectivity index (χ3v) is 7.23. The number of carbonyl (C=O) groups is 2. The van der Waals surface area contributed by atoms with Crippen molar-refractivity contribution in [1.29, 1.82) is 0 Å². The zero-order chi connectivity index (χ0) is 23.5. The van der Waals surface area contributed by atoms with E-state index in [4.69, 9.17) is 4.74 Å². The van der Waals surface area contributed by atoms with E-state index in [9.17, 15) is 14.4 Å². The lowest BCUT2D eigenvalue weighted by Gasteiger charge is -2.13. The summed E-state index contributed by atoms with van der Waals surface area (Å²) >= 11 is 2.39. The molecule has 1 unspecified atom stereocenters. The van der Waals surface area contributed by atoms with E-state index in [1.807, 2.05) is 37.3 Å². The van der Waals surface area contributed by atoms with Gasteiger partial charge >= 0.3 is 5.97 Å². The Kier molecular flexibility index (Phi) is 6.61. The monoisotopic (exact) mass is 483 g/mol. The molecule has 0 fully saturated rings. The Morgan fingerprint density at radius 2 is 1.94 bits per heavy atom. The molecule has 0 aliphatic carbocycles. The van der Waals surface area contributed by atoms with E-state index in [-0.39, 0.29) is 6.61 Å². The lowest BCUT2D eigenvalue weighted by atomic mass is 10.2. The lowest BCUT2D eigenvalue weighted by molar-refractivity contribution is -0.118. The molecule has 170 valence electrons. The summed E-state index contributed by atoms with van der Waals surface area (Å²) in [5.41, 5.74) is 0.959. The van der Waals surface area contributed by atoms with Crippen molar-refractivity contribution in [3.05, 3.63) is 68.0 Å². The molecule has 9 nitrogen and oxygen atoms in total. The van der Waals surface area contributed by atoms with Gasteiger partial charge < -0.3 is 4.74 Å². The fourth-order valence-corrected chi connectivity index (χ4v) is 4.90. The van der Waals surface area contributed by atoms with Crippen LogP contribution < -0.4 is 10.9 Å². The highest BCUT2D eigenvalue weighted by molar-refractivity contribution is 7.20. The lowest BCUT2D eigenvalue weighted by Crippen LogP contribution is -2.31. The summed E-state index contributed by atoms with van der Waals surface area (Å²) in [5.74, 6) is -0.925. The zero-order valence-corrected chi connectivity index (χ0v) is 19.8. The minimum atomic E-state index is -0.837. The van der Waals surface area contributed by atoms with Crippen LogP contribution in [0.25, 0.3) is 10.2 Å². The average molecular weight is 484 g/mol. The van der Waals surface area contributed by atoms with E-state index in [1.165, 1.54) is 22.2 Å². The van der Waals surface area contributed by atoms with Gasteiger partial charge in [-0.05, 0) is 31.4 Å². The molecular formula is C22H21N5O4S2. The van der Waals surface area contributed by atoms with Crippen molar-refractivity contribution >= 4 is 49.9 Å². The quantitative estimate of drug-likeness (QED) is 0.398. The third kappa shape index (κ3) is 4.69. The van der Waals surface area contributed by atoms with E-state index >= 15 is 0 Å². The van der Waals surface area contributed by atoms with Gasteiger partial charge in [-0.15, -0.1) is 21.5 Å². The second-order valence-electron chi connectivity index (χ2n) is 7.27. The first-order valence-electron chi connectivity index (χ1n) is 10.2.